The molecule has 1 fully saturated rings. The number of aromatic amines is 1. The van der Waals surface area contributed by atoms with E-state index in [4.69, 9.17) is 0 Å². The van der Waals surface area contributed by atoms with E-state index in [-0.39, 0.29) is 11.3 Å². The van der Waals surface area contributed by atoms with Crippen molar-refractivity contribution in [3.63, 3.8) is 0 Å². The molecule has 1 atom stereocenters. The number of ketones is 1. The Balaban J connectivity index is 1.79. The van der Waals surface area contributed by atoms with Gasteiger partial charge in [-0.1, -0.05) is 66.7 Å². The molecule has 2 heterocycles. The molecular formula is C25H18N2O3. The number of benzene rings is 3. The summed E-state index contributed by atoms with van der Waals surface area (Å²) < 4.78 is 0. The van der Waals surface area contributed by atoms with Crippen LogP contribution in [-0.2, 0) is 9.59 Å². The van der Waals surface area contributed by atoms with Crippen LogP contribution in [0.4, 0.5) is 5.69 Å². The van der Waals surface area contributed by atoms with E-state index in [1.165, 1.54) is 4.90 Å². The molecule has 5 nitrogen and oxygen atoms in total. The number of Topliss-reactive ketones (excluding diaryl/α,β-unsaturated/α-hetero) is 1. The van der Waals surface area contributed by atoms with Crippen LogP contribution in [0.3, 0.4) is 0 Å². The van der Waals surface area contributed by atoms with Gasteiger partial charge in [-0.25, -0.2) is 0 Å². The number of H-pyrrole nitrogens is 1. The van der Waals surface area contributed by atoms with Gasteiger partial charge in [0.1, 0.15) is 5.76 Å². The maximum absolute atomic E-state index is 13.1. The van der Waals surface area contributed by atoms with Gasteiger partial charge in [0.25, 0.3) is 11.7 Å². The Morgan fingerprint density at radius 1 is 0.833 bits per heavy atom. The third kappa shape index (κ3) is 2.71. The molecule has 30 heavy (non-hydrogen) atoms. The second-order valence-corrected chi connectivity index (χ2v) is 7.16. The largest absolute Gasteiger partial charge is 0.507 e. The quantitative estimate of drug-likeness (QED) is 0.298. The van der Waals surface area contributed by atoms with E-state index >= 15 is 0 Å². The van der Waals surface area contributed by atoms with Crippen molar-refractivity contribution in [1.29, 1.82) is 0 Å². The number of para-hydroxylation sites is 2. The lowest BCUT2D eigenvalue weighted by Gasteiger charge is -2.25. The van der Waals surface area contributed by atoms with Gasteiger partial charge in [-0.3, -0.25) is 14.5 Å². The summed E-state index contributed by atoms with van der Waals surface area (Å²) in [6.45, 7) is 0. The fraction of sp³-hybridized carbons (Fsp3) is 0.0400. The van der Waals surface area contributed by atoms with Gasteiger partial charge in [-0.05, 0) is 18.2 Å². The van der Waals surface area contributed by atoms with Crippen LogP contribution in [0.2, 0.25) is 0 Å². The van der Waals surface area contributed by atoms with Crippen LogP contribution in [0.25, 0.3) is 16.7 Å². The molecule has 1 aliphatic rings. The van der Waals surface area contributed by atoms with E-state index in [9.17, 15) is 14.7 Å². The van der Waals surface area contributed by atoms with Crippen molar-refractivity contribution >= 4 is 34.0 Å². The summed E-state index contributed by atoms with van der Waals surface area (Å²) in [6, 6.07) is 24.8. The lowest BCUT2D eigenvalue weighted by molar-refractivity contribution is -0.132. The molecule has 0 saturated carbocycles. The van der Waals surface area contributed by atoms with Gasteiger partial charge in [0, 0.05) is 33.9 Å². The highest BCUT2D eigenvalue weighted by atomic mass is 16.3. The maximum Gasteiger partial charge on any atom is 0.300 e. The third-order valence-electron chi connectivity index (χ3n) is 5.44. The van der Waals surface area contributed by atoms with E-state index in [1.807, 2.05) is 48.5 Å². The maximum atomic E-state index is 13.1. The van der Waals surface area contributed by atoms with E-state index in [1.54, 1.807) is 42.6 Å². The van der Waals surface area contributed by atoms with Gasteiger partial charge in [-0.2, -0.15) is 0 Å². The molecule has 0 aliphatic carbocycles. The second kappa shape index (κ2) is 7.04. The van der Waals surface area contributed by atoms with E-state index in [0.717, 1.165) is 16.5 Å². The number of nitrogens with one attached hydrogen (secondary N) is 1. The van der Waals surface area contributed by atoms with Crippen molar-refractivity contribution in [2.45, 2.75) is 6.04 Å². The Bertz CT molecular complexity index is 1290. The number of nitrogens with zero attached hydrogens (tertiary/aromatic N) is 1. The average molecular weight is 394 g/mol. The van der Waals surface area contributed by atoms with Crippen LogP contribution in [0, 0.1) is 0 Å². The fourth-order valence-electron chi connectivity index (χ4n) is 4.05. The number of aliphatic hydroxyl groups excluding tert-OH is 1. The lowest BCUT2D eigenvalue weighted by Crippen LogP contribution is -2.29. The Hall–Kier alpha value is -4.12. The molecule has 1 unspecified atom stereocenters. The first-order valence-electron chi connectivity index (χ1n) is 9.64. The van der Waals surface area contributed by atoms with Gasteiger partial charge in [0.2, 0.25) is 0 Å². The van der Waals surface area contributed by atoms with Crippen LogP contribution >= 0.6 is 0 Å². The molecule has 2 N–H and O–H groups in total. The zero-order valence-electron chi connectivity index (χ0n) is 15.9. The van der Waals surface area contributed by atoms with Crippen LogP contribution in [0.1, 0.15) is 17.2 Å². The van der Waals surface area contributed by atoms with Gasteiger partial charge >= 0.3 is 0 Å². The van der Waals surface area contributed by atoms with Crippen molar-refractivity contribution in [3.8, 4) is 0 Å². The summed E-state index contributed by atoms with van der Waals surface area (Å²) >= 11 is 0. The average Bonchev–Trinajstić information content (AvgIpc) is 3.33. The molecule has 0 radical (unpaired) electrons. The van der Waals surface area contributed by atoms with Crippen LogP contribution < -0.4 is 4.90 Å². The summed E-state index contributed by atoms with van der Waals surface area (Å²) in [5.41, 5.74) is 2.83. The predicted molar refractivity (Wildman–Crippen MR) is 116 cm³/mol. The van der Waals surface area contributed by atoms with Crippen molar-refractivity contribution < 1.29 is 14.7 Å². The number of anilines is 1. The van der Waals surface area contributed by atoms with E-state index in [2.05, 4.69) is 4.98 Å². The number of hydrogen-bond acceptors (Lipinski definition) is 3. The van der Waals surface area contributed by atoms with Crippen LogP contribution in [0.15, 0.2) is 96.7 Å². The number of rotatable bonds is 3. The molecule has 0 bridgehead atoms. The molecule has 4 aromatic rings. The smallest absolute Gasteiger partial charge is 0.300 e. The second-order valence-electron chi connectivity index (χ2n) is 7.16. The van der Waals surface area contributed by atoms with E-state index < -0.39 is 17.7 Å². The number of amides is 1. The third-order valence-corrected chi connectivity index (χ3v) is 5.44. The van der Waals surface area contributed by atoms with Gasteiger partial charge in [-0.15, -0.1) is 0 Å². The minimum absolute atomic E-state index is 0.0832. The van der Waals surface area contributed by atoms with Crippen molar-refractivity contribution in [1.82, 2.24) is 4.98 Å². The van der Waals surface area contributed by atoms with Crippen LogP contribution in [0.5, 0.6) is 0 Å². The number of aliphatic hydroxyl groups is 1. The normalized spacial score (nSPS) is 18.3. The highest BCUT2D eigenvalue weighted by Gasteiger charge is 2.47. The molecule has 1 amide bonds. The van der Waals surface area contributed by atoms with Crippen molar-refractivity contribution in [2.24, 2.45) is 0 Å². The predicted octanol–water partition coefficient (Wildman–Crippen LogP) is 4.79. The van der Waals surface area contributed by atoms with Gasteiger partial charge < -0.3 is 10.1 Å². The van der Waals surface area contributed by atoms with Gasteiger partial charge in [0.05, 0.1) is 11.6 Å². The molecule has 1 aromatic heterocycles. The minimum Gasteiger partial charge on any atom is -0.507 e. The summed E-state index contributed by atoms with van der Waals surface area (Å²) in [4.78, 5) is 30.9. The fourth-order valence-corrected chi connectivity index (χ4v) is 4.05. The molecular weight excluding hydrogens is 376 g/mol. The molecule has 1 saturated heterocycles. The van der Waals surface area contributed by atoms with Crippen molar-refractivity contribution in [2.75, 3.05) is 4.90 Å². The highest BCUT2D eigenvalue weighted by molar-refractivity contribution is 6.51. The minimum atomic E-state index is -0.747. The Labute approximate surface area is 172 Å². The molecule has 146 valence electrons. The SMILES string of the molecule is O=C1C(=O)N(c2ccccc2)C(c2c[nH]c3ccccc23)/C1=C(\O)c1ccccc1. The number of aromatic nitrogens is 1. The molecule has 5 heteroatoms. The molecule has 5 rings (SSSR count). The summed E-state index contributed by atoms with van der Waals surface area (Å²) in [5, 5.41) is 12.0. The molecule has 0 spiro atoms. The van der Waals surface area contributed by atoms with Crippen molar-refractivity contribution in [3.05, 3.63) is 108 Å². The number of carbonyl (C=O) groups excluding carboxylic acids is 2. The number of hydrogen-bond donors (Lipinski definition) is 2. The topological polar surface area (TPSA) is 73.4 Å². The summed E-state index contributed by atoms with van der Waals surface area (Å²) in [6.07, 6.45) is 1.80. The Morgan fingerprint density at radius 2 is 1.47 bits per heavy atom. The first-order chi connectivity index (χ1) is 14.7. The Morgan fingerprint density at radius 3 is 2.20 bits per heavy atom. The molecule has 1 aliphatic heterocycles. The number of carbonyl (C=O) groups is 2. The monoisotopic (exact) mass is 394 g/mol. The molecule has 3 aromatic carbocycles. The first kappa shape index (κ1) is 17.9. The lowest BCUT2D eigenvalue weighted by atomic mass is 9.95. The zero-order chi connectivity index (χ0) is 20.7. The van der Waals surface area contributed by atoms with E-state index in [0.29, 0.717) is 11.3 Å². The standard InChI is InChI=1S/C25H18N2O3/c28-23(16-9-3-1-4-10-16)21-22(19-15-26-20-14-8-7-13-18(19)20)27(25(30)24(21)29)17-11-5-2-6-12-17/h1-15,22,26,28H/b23-21+. The summed E-state index contributed by atoms with van der Waals surface area (Å²) in [5.74, 6) is -1.54. The number of fused-ring (bicyclic) bond motifs is 1. The van der Waals surface area contributed by atoms with Gasteiger partial charge in [0.15, 0.2) is 0 Å². The first-order valence-corrected chi connectivity index (χ1v) is 9.64. The highest BCUT2D eigenvalue weighted by Crippen LogP contribution is 2.44. The van der Waals surface area contributed by atoms with Crippen LogP contribution in [-0.4, -0.2) is 21.8 Å². The summed E-state index contributed by atoms with van der Waals surface area (Å²) in [7, 11) is 0. The zero-order valence-corrected chi connectivity index (χ0v) is 15.9. The Kier molecular flexibility index (Phi) is 4.21.